The van der Waals surface area contributed by atoms with Crippen LogP contribution in [0.1, 0.15) is 16.7 Å². The fourth-order valence-electron chi connectivity index (χ4n) is 3.08. The number of hydrogen-bond donors (Lipinski definition) is 2. The van der Waals surface area contributed by atoms with Crippen LogP contribution in [0.5, 0.6) is 11.5 Å². The predicted octanol–water partition coefficient (Wildman–Crippen LogP) is 3.75. The van der Waals surface area contributed by atoms with Gasteiger partial charge in [-0.25, -0.2) is 0 Å². The molecule has 0 saturated carbocycles. The van der Waals surface area contributed by atoms with Crippen LogP contribution in [-0.4, -0.2) is 12.1 Å². The molecule has 3 aromatic carbocycles. The van der Waals surface area contributed by atoms with Crippen molar-refractivity contribution in [1.82, 2.24) is 5.32 Å². The van der Waals surface area contributed by atoms with Gasteiger partial charge in [0.25, 0.3) is 0 Å². The molecule has 6 heteroatoms. The first-order valence-electron chi connectivity index (χ1n) is 8.82. The summed E-state index contributed by atoms with van der Waals surface area (Å²) in [5.74, 6) is 1.53. The number of nitrogens with one attached hydrogen (secondary N) is 1. The Morgan fingerprint density at radius 1 is 0.963 bits per heavy atom. The van der Waals surface area contributed by atoms with Gasteiger partial charge in [-0.05, 0) is 58.6 Å². The van der Waals surface area contributed by atoms with Crippen molar-refractivity contribution in [3.05, 3.63) is 87.9 Å². The molecule has 0 atom stereocenters. The van der Waals surface area contributed by atoms with Gasteiger partial charge in [0.2, 0.25) is 0 Å². The minimum absolute atomic E-state index is 0.413. The number of benzene rings is 3. The molecule has 0 bridgehead atoms. The molecule has 3 aromatic rings. The Morgan fingerprint density at radius 2 is 1.74 bits per heavy atom. The molecule has 0 fully saturated rings. The van der Waals surface area contributed by atoms with Gasteiger partial charge in [0.1, 0.15) is 11.5 Å². The van der Waals surface area contributed by atoms with Crippen molar-refractivity contribution < 1.29 is 14.4 Å². The van der Waals surface area contributed by atoms with Crippen molar-refractivity contribution in [2.45, 2.75) is 19.7 Å². The lowest BCUT2D eigenvalue weighted by atomic mass is 9.80. The maximum absolute atomic E-state index is 9.68. The molecule has 136 valence electrons. The van der Waals surface area contributed by atoms with Crippen LogP contribution in [0.2, 0.25) is 0 Å². The molecule has 1 aliphatic heterocycles. The highest BCUT2D eigenvalue weighted by Gasteiger charge is 2.27. The molecule has 0 unspecified atom stereocenters. The van der Waals surface area contributed by atoms with Gasteiger partial charge in [-0.3, -0.25) is 0 Å². The summed E-state index contributed by atoms with van der Waals surface area (Å²) in [5.41, 5.74) is 4.22. The molecule has 0 aliphatic carbocycles. The third kappa shape index (κ3) is 4.60. The van der Waals surface area contributed by atoms with E-state index in [2.05, 4.69) is 45.5 Å². The van der Waals surface area contributed by atoms with Gasteiger partial charge in [0.05, 0.1) is 6.61 Å². The summed E-state index contributed by atoms with van der Waals surface area (Å²) in [6.45, 7) is 2.03. The molecule has 4 nitrogen and oxygen atoms in total. The molecule has 2 N–H and O–H groups in total. The summed E-state index contributed by atoms with van der Waals surface area (Å²) in [7, 11) is -0.821. The van der Waals surface area contributed by atoms with Gasteiger partial charge in [-0.2, -0.15) is 0 Å². The highest BCUT2D eigenvalue weighted by Crippen LogP contribution is 2.24. The monoisotopic (exact) mass is 423 g/mol. The zero-order valence-electron chi connectivity index (χ0n) is 14.7. The minimum atomic E-state index is -0.821. The maximum atomic E-state index is 9.68. The van der Waals surface area contributed by atoms with E-state index >= 15 is 0 Å². The first-order chi connectivity index (χ1) is 13.2. The van der Waals surface area contributed by atoms with Crippen molar-refractivity contribution in [3.63, 3.8) is 0 Å². The van der Waals surface area contributed by atoms with Crippen LogP contribution in [-0.2, 0) is 24.4 Å². The number of fused-ring (bicyclic) bond motifs is 1. The van der Waals surface area contributed by atoms with Crippen molar-refractivity contribution in [2.75, 3.05) is 0 Å². The van der Waals surface area contributed by atoms with Crippen LogP contribution in [0, 0.1) is 0 Å². The normalized spacial score (nSPS) is 12.9. The Balaban J connectivity index is 1.32. The van der Waals surface area contributed by atoms with Crippen LogP contribution >= 0.6 is 15.9 Å². The third-order valence-corrected chi connectivity index (χ3v) is 4.98. The van der Waals surface area contributed by atoms with Crippen LogP contribution in [0.25, 0.3) is 0 Å². The summed E-state index contributed by atoms with van der Waals surface area (Å²) < 4.78 is 12.2. The molecule has 1 aliphatic rings. The van der Waals surface area contributed by atoms with Gasteiger partial charge < -0.3 is 19.7 Å². The number of hydrogen-bond acceptors (Lipinski definition) is 4. The molecule has 0 aromatic heterocycles. The molecule has 1 heterocycles. The van der Waals surface area contributed by atoms with Crippen LogP contribution in [0.4, 0.5) is 0 Å². The van der Waals surface area contributed by atoms with E-state index in [1.807, 2.05) is 42.5 Å². The topological polar surface area (TPSA) is 50.7 Å². The standard InChI is InChI=1S/C21H19BBrNO3/c23-18-3-1-2-16(10-18)13-24-12-15-4-6-19(7-5-15)27-20-8-9-21-17(11-20)14-26-22(21)25/h1-11,24-25H,12-14H2. The van der Waals surface area contributed by atoms with Crippen molar-refractivity contribution >= 4 is 28.5 Å². The average Bonchev–Trinajstić information content (AvgIpc) is 3.04. The van der Waals surface area contributed by atoms with E-state index in [0.717, 1.165) is 40.1 Å². The Hall–Kier alpha value is -2.12. The smallest absolute Gasteiger partial charge is 0.457 e. The maximum Gasteiger partial charge on any atom is 0.491 e. The second kappa shape index (κ2) is 8.27. The van der Waals surface area contributed by atoms with Crippen LogP contribution < -0.4 is 15.5 Å². The molecule has 0 amide bonds. The number of rotatable bonds is 6. The van der Waals surface area contributed by atoms with Crippen LogP contribution in [0.15, 0.2) is 71.2 Å². The molecule has 27 heavy (non-hydrogen) atoms. The minimum Gasteiger partial charge on any atom is -0.457 e. The molecular formula is C21H19BBrNO3. The van der Waals surface area contributed by atoms with Gasteiger partial charge in [0.15, 0.2) is 0 Å². The largest absolute Gasteiger partial charge is 0.491 e. The third-order valence-electron chi connectivity index (χ3n) is 4.48. The Labute approximate surface area is 167 Å². The summed E-state index contributed by atoms with van der Waals surface area (Å²) in [4.78, 5) is 0. The second-order valence-corrected chi connectivity index (χ2v) is 7.42. The summed E-state index contributed by atoms with van der Waals surface area (Å²) in [6, 6.07) is 22.0. The predicted molar refractivity (Wildman–Crippen MR) is 110 cm³/mol. The fraction of sp³-hybridized carbons (Fsp3) is 0.143. The summed E-state index contributed by atoms with van der Waals surface area (Å²) in [5, 5.41) is 13.1. The first-order valence-corrected chi connectivity index (χ1v) is 9.61. The van der Waals surface area contributed by atoms with Gasteiger partial charge in [-0.1, -0.05) is 46.3 Å². The zero-order chi connectivity index (χ0) is 18.6. The van der Waals surface area contributed by atoms with Gasteiger partial charge in [-0.15, -0.1) is 0 Å². The van der Waals surface area contributed by atoms with Crippen molar-refractivity contribution in [3.8, 4) is 11.5 Å². The van der Waals surface area contributed by atoms with E-state index in [1.165, 1.54) is 11.1 Å². The lowest BCUT2D eigenvalue weighted by Crippen LogP contribution is -2.27. The summed E-state index contributed by atoms with van der Waals surface area (Å²) in [6.07, 6.45) is 0. The first kappa shape index (κ1) is 18.3. The van der Waals surface area contributed by atoms with Crippen molar-refractivity contribution in [1.29, 1.82) is 0 Å². The van der Waals surface area contributed by atoms with Crippen molar-refractivity contribution in [2.24, 2.45) is 0 Å². The second-order valence-electron chi connectivity index (χ2n) is 6.50. The molecule has 0 spiro atoms. The lowest BCUT2D eigenvalue weighted by molar-refractivity contribution is 0.275. The van der Waals surface area contributed by atoms with E-state index in [1.54, 1.807) is 0 Å². The van der Waals surface area contributed by atoms with E-state index in [9.17, 15) is 5.02 Å². The molecule has 4 rings (SSSR count). The van der Waals surface area contributed by atoms with Gasteiger partial charge in [0, 0.05) is 17.6 Å². The number of halogens is 1. The Morgan fingerprint density at radius 3 is 2.56 bits per heavy atom. The fourth-order valence-corrected chi connectivity index (χ4v) is 3.53. The Bertz CT molecular complexity index is 933. The summed E-state index contributed by atoms with van der Waals surface area (Å²) >= 11 is 3.49. The molecular weight excluding hydrogens is 405 g/mol. The average molecular weight is 424 g/mol. The zero-order valence-corrected chi connectivity index (χ0v) is 16.3. The van der Waals surface area contributed by atoms with E-state index < -0.39 is 7.12 Å². The van der Waals surface area contributed by atoms with Crippen LogP contribution in [0.3, 0.4) is 0 Å². The lowest BCUT2D eigenvalue weighted by Gasteiger charge is -2.09. The SMILES string of the molecule is OB1OCc2cc(Oc3ccc(CNCc4cccc(Br)c4)cc3)ccc21. The highest BCUT2D eigenvalue weighted by molar-refractivity contribution is 9.10. The van der Waals surface area contributed by atoms with E-state index in [0.29, 0.717) is 6.61 Å². The number of ether oxygens (including phenoxy) is 1. The highest BCUT2D eigenvalue weighted by atomic mass is 79.9. The van der Waals surface area contributed by atoms with Gasteiger partial charge >= 0.3 is 7.12 Å². The molecule has 0 radical (unpaired) electrons. The van der Waals surface area contributed by atoms with E-state index in [-0.39, 0.29) is 0 Å². The molecule has 0 saturated heterocycles. The van der Waals surface area contributed by atoms with E-state index in [4.69, 9.17) is 9.39 Å². The Kier molecular flexibility index (Phi) is 5.59. The quantitative estimate of drug-likeness (QED) is 0.593.